The number of hydrogen-bond acceptors (Lipinski definition) is 3. The first-order valence-corrected chi connectivity index (χ1v) is 5.80. The zero-order chi connectivity index (χ0) is 13.1. The summed E-state index contributed by atoms with van der Waals surface area (Å²) in [6, 6.07) is 13.0. The third kappa shape index (κ3) is 2.46. The Morgan fingerprint density at radius 3 is 2.22 bits per heavy atom. The highest BCUT2D eigenvalue weighted by Crippen LogP contribution is 2.26. The van der Waals surface area contributed by atoms with Gasteiger partial charge in [0.15, 0.2) is 0 Å². The molecule has 0 aliphatic rings. The molecule has 0 heterocycles. The van der Waals surface area contributed by atoms with E-state index in [9.17, 15) is 5.11 Å². The molecule has 0 aliphatic carbocycles. The highest BCUT2D eigenvalue weighted by atomic mass is 16.5. The SMILES string of the molecule is COc1ccc([C@@H](O)c2ccc(C)c(N)c2)cc1. The highest BCUT2D eigenvalue weighted by molar-refractivity contribution is 5.50. The highest BCUT2D eigenvalue weighted by Gasteiger charge is 2.11. The number of anilines is 1. The molecule has 1 atom stereocenters. The maximum absolute atomic E-state index is 10.3. The molecule has 3 nitrogen and oxygen atoms in total. The van der Waals surface area contributed by atoms with Crippen molar-refractivity contribution in [2.75, 3.05) is 12.8 Å². The van der Waals surface area contributed by atoms with E-state index in [1.807, 2.05) is 49.4 Å². The average molecular weight is 243 g/mol. The molecular formula is C15H17NO2. The number of benzene rings is 2. The van der Waals surface area contributed by atoms with Crippen LogP contribution in [-0.2, 0) is 0 Å². The van der Waals surface area contributed by atoms with Crippen LogP contribution in [-0.4, -0.2) is 12.2 Å². The minimum absolute atomic E-state index is 0.668. The van der Waals surface area contributed by atoms with E-state index in [4.69, 9.17) is 10.5 Å². The smallest absolute Gasteiger partial charge is 0.118 e. The van der Waals surface area contributed by atoms with Gasteiger partial charge < -0.3 is 15.6 Å². The molecule has 3 N–H and O–H groups in total. The van der Waals surface area contributed by atoms with Crippen LogP contribution in [0.5, 0.6) is 5.75 Å². The van der Waals surface area contributed by atoms with Crippen molar-refractivity contribution in [2.24, 2.45) is 0 Å². The van der Waals surface area contributed by atoms with Gasteiger partial charge in [-0.25, -0.2) is 0 Å². The summed E-state index contributed by atoms with van der Waals surface area (Å²) in [4.78, 5) is 0. The molecule has 0 fully saturated rings. The maximum Gasteiger partial charge on any atom is 0.118 e. The van der Waals surface area contributed by atoms with Gasteiger partial charge in [0.2, 0.25) is 0 Å². The van der Waals surface area contributed by atoms with Crippen LogP contribution in [0, 0.1) is 6.92 Å². The molecule has 0 unspecified atom stereocenters. The number of nitrogens with two attached hydrogens (primary N) is 1. The lowest BCUT2D eigenvalue weighted by Gasteiger charge is -2.13. The van der Waals surface area contributed by atoms with E-state index in [1.54, 1.807) is 7.11 Å². The van der Waals surface area contributed by atoms with Crippen molar-refractivity contribution < 1.29 is 9.84 Å². The van der Waals surface area contributed by atoms with Crippen molar-refractivity contribution in [3.8, 4) is 5.75 Å². The number of rotatable bonds is 3. The Balaban J connectivity index is 2.28. The van der Waals surface area contributed by atoms with Gasteiger partial charge >= 0.3 is 0 Å². The van der Waals surface area contributed by atoms with Gasteiger partial charge in [0, 0.05) is 5.69 Å². The predicted octanol–water partition coefficient (Wildman–Crippen LogP) is 2.67. The zero-order valence-corrected chi connectivity index (χ0v) is 10.6. The van der Waals surface area contributed by atoms with Crippen molar-refractivity contribution in [1.82, 2.24) is 0 Å². The summed E-state index contributed by atoms with van der Waals surface area (Å²) in [5.41, 5.74) is 9.17. The molecule has 3 heteroatoms. The molecule has 0 aromatic heterocycles. The fraction of sp³-hybridized carbons (Fsp3) is 0.200. The molecule has 2 aromatic rings. The van der Waals surface area contributed by atoms with Crippen LogP contribution >= 0.6 is 0 Å². The number of hydrogen-bond donors (Lipinski definition) is 2. The van der Waals surface area contributed by atoms with E-state index in [-0.39, 0.29) is 0 Å². The Bertz CT molecular complexity index is 535. The van der Waals surface area contributed by atoms with Gasteiger partial charge in [0.05, 0.1) is 7.11 Å². The topological polar surface area (TPSA) is 55.5 Å². The second-order valence-electron chi connectivity index (χ2n) is 4.29. The average Bonchev–Trinajstić information content (AvgIpc) is 2.41. The van der Waals surface area contributed by atoms with Crippen molar-refractivity contribution in [1.29, 1.82) is 0 Å². The number of methoxy groups -OCH3 is 1. The number of aryl methyl sites for hydroxylation is 1. The minimum atomic E-state index is -0.668. The first-order chi connectivity index (χ1) is 8.61. The van der Waals surface area contributed by atoms with Crippen molar-refractivity contribution in [3.63, 3.8) is 0 Å². The van der Waals surface area contributed by atoms with E-state index in [2.05, 4.69) is 0 Å². The van der Waals surface area contributed by atoms with Gasteiger partial charge in [-0.15, -0.1) is 0 Å². The lowest BCUT2D eigenvalue weighted by molar-refractivity contribution is 0.220. The maximum atomic E-state index is 10.3. The predicted molar refractivity (Wildman–Crippen MR) is 72.6 cm³/mol. The molecule has 2 aromatic carbocycles. The van der Waals surface area contributed by atoms with Crippen LogP contribution in [0.25, 0.3) is 0 Å². The molecule has 0 spiro atoms. The normalized spacial score (nSPS) is 12.2. The van der Waals surface area contributed by atoms with Gasteiger partial charge in [-0.05, 0) is 41.8 Å². The van der Waals surface area contributed by atoms with Gasteiger partial charge in [-0.2, -0.15) is 0 Å². The molecule has 0 saturated heterocycles. The van der Waals surface area contributed by atoms with Crippen LogP contribution in [0.15, 0.2) is 42.5 Å². The Kier molecular flexibility index (Phi) is 3.53. The first kappa shape index (κ1) is 12.5. The molecule has 0 radical (unpaired) electrons. The third-order valence-electron chi connectivity index (χ3n) is 3.05. The van der Waals surface area contributed by atoms with Crippen molar-refractivity contribution in [3.05, 3.63) is 59.2 Å². The molecule has 18 heavy (non-hydrogen) atoms. The molecule has 0 amide bonds. The Hall–Kier alpha value is -2.00. The lowest BCUT2D eigenvalue weighted by atomic mass is 9.99. The Morgan fingerprint density at radius 2 is 1.67 bits per heavy atom. The standard InChI is InChI=1S/C15H17NO2/c1-10-3-4-12(9-14(10)16)15(17)11-5-7-13(18-2)8-6-11/h3-9,15,17H,16H2,1-2H3/t15-/m1/s1. The fourth-order valence-electron chi connectivity index (χ4n) is 1.81. The molecule has 0 bridgehead atoms. The van der Waals surface area contributed by atoms with Gasteiger partial charge in [-0.3, -0.25) is 0 Å². The monoisotopic (exact) mass is 243 g/mol. The molecular weight excluding hydrogens is 226 g/mol. The van der Waals surface area contributed by atoms with Gasteiger partial charge in [0.1, 0.15) is 11.9 Å². The van der Waals surface area contributed by atoms with Gasteiger partial charge in [-0.1, -0.05) is 24.3 Å². The Labute approximate surface area is 107 Å². The van der Waals surface area contributed by atoms with E-state index >= 15 is 0 Å². The van der Waals surface area contributed by atoms with Gasteiger partial charge in [0.25, 0.3) is 0 Å². The number of nitrogen functional groups attached to an aromatic ring is 1. The Morgan fingerprint density at radius 1 is 1.06 bits per heavy atom. The van der Waals surface area contributed by atoms with Crippen molar-refractivity contribution >= 4 is 5.69 Å². The quantitative estimate of drug-likeness (QED) is 0.815. The van der Waals surface area contributed by atoms with Crippen LogP contribution in [0.3, 0.4) is 0 Å². The lowest BCUT2D eigenvalue weighted by Crippen LogP contribution is -2.01. The number of aliphatic hydroxyl groups is 1. The largest absolute Gasteiger partial charge is 0.497 e. The summed E-state index contributed by atoms with van der Waals surface area (Å²) >= 11 is 0. The van der Waals surface area contributed by atoms with Crippen molar-refractivity contribution in [2.45, 2.75) is 13.0 Å². The third-order valence-corrected chi connectivity index (χ3v) is 3.05. The fourth-order valence-corrected chi connectivity index (χ4v) is 1.81. The summed E-state index contributed by atoms with van der Waals surface area (Å²) in [6.45, 7) is 1.94. The second-order valence-corrected chi connectivity index (χ2v) is 4.29. The van der Waals surface area contributed by atoms with Crippen LogP contribution in [0.2, 0.25) is 0 Å². The molecule has 2 rings (SSSR count). The second kappa shape index (κ2) is 5.10. The van der Waals surface area contributed by atoms with E-state index in [1.165, 1.54) is 0 Å². The van der Waals surface area contributed by atoms with E-state index < -0.39 is 6.10 Å². The zero-order valence-electron chi connectivity index (χ0n) is 10.6. The summed E-state index contributed by atoms with van der Waals surface area (Å²) in [5, 5.41) is 10.3. The van der Waals surface area contributed by atoms with E-state index in [0.717, 1.165) is 22.4 Å². The summed E-state index contributed by atoms with van der Waals surface area (Å²) in [7, 11) is 1.62. The molecule has 0 saturated carbocycles. The summed E-state index contributed by atoms with van der Waals surface area (Å²) in [5.74, 6) is 0.773. The summed E-state index contributed by atoms with van der Waals surface area (Å²) < 4.78 is 5.09. The summed E-state index contributed by atoms with van der Waals surface area (Å²) in [6.07, 6.45) is -0.668. The van der Waals surface area contributed by atoms with Crippen LogP contribution in [0.4, 0.5) is 5.69 Å². The minimum Gasteiger partial charge on any atom is -0.497 e. The van der Waals surface area contributed by atoms with Crippen LogP contribution < -0.4 is 10.5 Å². The molecule has 94 valence electrons. The molecule has 0 aliphatic heterocycles. The van der Waals surface area contributed by atoms with E-state index in [0.29, 0.717) is 5.69 Å². The first-order valence-electron chi connectivity index (χ1n) is 5.80. The number of ether oxygens (including phenoxy) is 1. The van der Waals surface area contributed by atoms with Crippen LogP contribution in [0.1, 0.15) is 22.8 Å². The number of aliphatic hydroxyl groups excluding tert-OH is 1.